The van der Waals surface area contributed by atoms with Crippen molar-refractivity contribution in [1.82, 2.24) is 0 Å². The SMILES string of the molecule is CC(C)C1=Cc2ccccc2C1.[H-].[Li+]. The number of hydrogen-bond donors (Lipinski definition) is 0. The zero-order valence-electron chi connectivity index (χ0n) is 9.67. The van der Waals surface area contributed by atoms with Crippen molar-refractivity contribution < 1.29 is 20.3 Å². The maximum Gasteiger partial charge on any atom is 1.00 e. The van der Waals surface area contributed by atoms with E-state index in [1.807, 2.05) is 0 Å². The number of benzene rings is 1. The van der Waals surface area contributed by atoms with E-state index in [0.717, 1.165) is 6.42 Å². The molecule has 1 aliphatic rings. The number of hydrogen-bond acceptors (Lipinski definition) is 0. The average molecular weight is 166 g/mol. The van der Waals surface area contributed by atoms with Crippen LogP contribution in [0.25, 0.3) is 6.08 Å². The summed E-state index contributed by atoms with van der Waals surface area (Å²) in [6.45, 7) is 4.52. The van der Waals surface area contributed by atoms with E-state index >= 15 is 0 Å². The Bertz CT molecular complexity index is 329. The Morgan fingerprint density at radius 3 is 2.54 bits per heavy atom. The van der Waals surface area contributed by atoms with Gasteiger partial charge in [0.1, 0.15) is 0 Å². The summed E-state index contributed by atoms with van der Waals surface area (Å²) < 4.78 is 0. The van der Waals surface area contributed by atoms with Gasteiger partial charge in [0.15, 0.2) is 0 Å². The van der Waals surface area contributed by atoms with Crippen LogP contribution in [0.1, 0.15) is 26.4 Å². The molecule has 1 aliphatic carbocycles. The average Bonchev–Trinajstić information content (AvgIpc) is 2.46. The minimum Gasteiger partial charge on any atom is -1.00 e. The van der Waals surface area contributed by atoms with Crippen molar-refractivity contribution in [2.45, 2.75) is 20.3 Å². The summed E-state index contributed by atoms with van der Waals surface area (Å²) in [5.41, 5.74) is 4.47. The molecule has 2 rings (SSSR count). The summed E-state index contributed by atoms with van der Waals surface area (Å²) in [4.78, 5) is 0. The van der Waals surface area contributed by atoms with Crippen molar-refractivity contribution >= 4 is 6.08 Å². The van der Waals surface area contributed by atoms with E-state index in [2.05, 4.69) is 44.2 Å². The van der Waals surface area contributed by atoms with Crippen molar-refractivity contribution in [3.05, 3.63) is 41.0 Å². The van der Waals surface area contributed by atoms with Gasteiger partial charge in [0.25, 0.3) is 0 Å². The second-order valence-electron chi connectivity index (χ2n) is 3.75. The Morgan fingerprint density at radius 2 is 1.92 bits per heavy atom. The van der Waals surface area contributed by atoms with E-state index in [1.165, 1.54) is 11.1 Å². The third-order valence-corrected chi connectivity index (χ3v) is 2.53. The van der Waals surface area contributed by atoms with Crippen LogP contribution in [0.2, 0.25) is 0 Å². The van der Waals surface area contributed by atoms with Crippen LogP contribution in [0.5, 0.6) is 0 Å². The topological polar surface area (TPSA) is 0 Å². The molecule has 0 heterocycles. The molecule has 0 unspecified atom stereocenters. The molecule has 0 saturated heterocycles. The second-order valence-corrected chi connectivity index (χ2v) is 3.75. The van der Waals surface area contributed by atoms with Gasteiger partial charge in [-0.1, -0.05) is 49.8 Å². The minimum atomic E-state index is 0. The van der Waals surface area contributed by atoms with Crippen LogP contribution >= 0.6 is 0 Å². The van der Waals surface area contributed by atoms with Crippen molar-refractivity contribution in [2.75, 3.05) is 0 Å². The van der Waals surface area contributed by atoms with Gasteiger partial charge in [-0.05, 0) is 23.5 Å². The summed E-state index contributed by atoms with van der Waals surface area (Å²) in [7, 11) is 0. The number of fused-ring (bicyclic) bond motifs is 1. The van der Waals surface area contributed by atoms with E-state index in [0.29, 0.717) is 5.92 Å². The Hall–Kier alpha value is -0.443. The van der Waals surface area contributed by atoms with Crippen LogP contribution in [0.15, 0.2) is 29.8 Å². The first kappa shape index (κ1) is 10.6. The van der Waals surface area contributed by atoms with Gasteiger partial charge < -0.3 is 1.43 Å². The molecule has 0 radical (unpaired) electrons. The monoisotopic (exact) mass is 166 g/mol. The summed E-state index contributed by atoms with van der Waals surface area (Å²) in [5, 5.41) is 0. The molecule has 0 saturated carbocycles. The van der Waals surface area contributed by atoms with Crippen LogP contribution in [-0.2, 0) is 6.42 Å². The van der Waals surface area contributed by atoms with Gasteiger partial charge in [0.2, 0.25) is 0 Å². The van der Waals surface area contributed by atoms with E-state index in [9.17, 15) is 0 Å². The van der Waals surface area contributed by atoms with Crippen molar-refractivity contribution in [3.63, 3.8) is 0 Å². The van der Waals surface area contributed by atoms with Gasteiger partial charge in [-0.3, -0.25) is 0 Å². The molecule has 64 valence electrons. The first-order valence-corrected chi connectivity index (χ1v) is 4.56. The molecule has 13 heavy (non-hydrogen) atoms. The molecule has 0 N–H and O–H groups in total. The van der Waals surface area contributed by atoms with Crippen LogP contribution in [0.3, 0.4) is 0 Å². The Labute approximate surface area is 93.7 Å². The molecular formula is C12H15Li. The van der Waals surface area contributed by atoms with E-state index in [4.69, 9.17) is 0 Å². The van der Waals surface area contributed by atoms with Crippen molar-refractivity contribution in [3.8, 4) is 0 Å². The van der Waals surface area contributed by atoms with Crippen molar-refractivity contribution in [1.29, 1.82) is 0 Å². The Kier molecular flexibility index (Phi) is 3.42. The molecule has 0 aromatic heterocycles. The molecule has 0 aliphatic heterocycles. The molecule has 1 aromatic carbocycles. The second kappa shape index (κ2) is 4.18. The summed E-state index contributed by atoms with van der Waals surface area (Å²) in [6, 6.07) is 8.65. The van der Waals surface area contributed by atoms with Gasteiger partial charge in [0.05, 0.1) is 0 Å². The number of rotatable bonds is 1. The van der Waals surface area contributed by atoms with Crippen LogP contribution in [0.4, 0.5) is 0 Å². The largest absolute Gasteiger partial charge is 1.00 e. The maximum atomic E-state index is 2.33. The van der Waals surface area contributed by atoms with Gasteiger partial charge in [0, 0.05) is 0 Å². The predicted molar refractivity (Wildman–Crippen MR) is 54.1 cm³/mol. The molecule has 1 aromatic rings. The molecular weight excluding hydrogens is 151 g/mol. The normalized spacial score (nSPS) is 13.6. The molecule has 0 nitrogen and oxygen atoms in total. The van der Waals surface area contributed by atoms with E-state index in [-0.39, 0.29) is 20.3 Å². The molecule has 0 fully saturated rings. The summed E-state index contributed by atoms with van der Waals surface area (Å²) in [5.74, 6) is 0.692. The van der Waals surface area contributed by atoms with Crippen LogP contribution in [-0.4, -0.2) is 0 Å². The molecule has 1 heteroatoms. The van der Waals surface area contributed by atoms with Crippen molar-refractivity contribution in [2.24, 2.45) is 5.92 Å². The van der Waals surface area contributed by atoms with E-state index in [1.54, 1.807) is 5.57 Å². The third kappa shape index (κ3) is 2.07. The predicted octanol–water partition coefficient (Wildman–Crippen LogP) is 0.399. The summed E-state index contributed by atoms with van der Waals surface area (Å²) >= 11 is 0. The third-order valence-electron chi connectivity index (χ3n) is 2.53. The zero-order chi connectivity index (χ0) is 8.55. The minimum absolute atomic E-state index is 0. The van der Waals surface area contributed by atoms with Gasteiger partial charge >= 0.3 is 18.9 Å². The Morgan fingerprint density at radius 1 is 1.23 bits per heavy atom. The fourth-order valence-corrected chi connectivity index (χ4v) is 1.68. The summed E-state index contributed by atoms with van der Waals surface area (Å²) in [6.07, 6.45) is 3.49. The van der Waals surface area contributed by atoms with Crippen LogP contribution < -0.4 is 18.9 Å². The quantitative estimate of drug-likeness (QED) is 0.530. The smallest absolute Gasteiger partial charge is 1.00 e. The first-order valence-electron chi connectivity index (χ1n) is 4.56. The van der Waals surface area contributed by atoms with Gasteiger partial charge in [-0.15, -0.1) is 0 Å². The molecule has 0 spiro atoms. The van der Waals surface area contributed by atoms with E-state index < -0.39 is 0 Å². The Balaban J connectivity index is 0.000000845. The maximum absolute atomic E-state index is 2.33. The fraction of sp³-hybridized carbons (Fsp3) is 0.333. The zero-order valence-corrected chi connectivity index (χ0v) is 8.67. The van der Waals surface area contributed by atoms with Crippen LogP contribution in [0, 0.1) is 5.92 Å². The molecule has 0 bridgehead atoms. The molecule has 0 atom stereocenters. The number of allylic oxidation sites excluding steroid dienone is 1. The van der Waals surface area contributed by atoms with Gasteiger partial charge in [-0.2, -0.15) is 0 Å². The first-order chi connectivity index (χ1) is 5.77. The molecule has 0 amide bonds. The fourth-order valence-electron chi connectivity index (χ4n) is 1.68. The standard InChI is InChI=1S/C12H14.Li.H/c1-9(2)12-7-10-5-3-4-6-11(10)8-12;;/h3-7,9H,8H2,1-2H3;;/q;+1;-1. The van der Waals surface area contributed by atoms with Gasteiger partial charge in [-0.25, -0.2) is 0 Å².